The molecule has 0 atom stereocenters. The number of methoxy groups -OCH3 is 2. The second-order valence-corrected chi connectivity index (χ2v) is 3.55. The van der Waals surface area contributed by atoms with Crippen molar-refractivity contribution in [2.75, 3.05) is 14.2 Å². The van der Waals surface area contributed by atoms with Crippen molar-refractivity contribution >= 4 is 5.97 Å². The van der Waals surface area contributed by atoms with Crippen molar-refractivity contribution in [3.8, 4) is 11.5 Å². The Hall–Kier alpha value is -1.97. The number of hydrogen-bond donors (Lipinski definition) is 0. The third-order valence-corrected chi connectivity index (χ3v) is 2.17. The van der Waals surface area contributed by atoms with Crippen molar-refractivity contribution in [1.29, 1.82) is 0 Å². The number of esters is 1. The van der Waals surface area contributed by atoms with Crippen LogP contribution in [0.3, 0.4) is 0 Å². The first-order valence-electron chi connectivity index (χ1n) is 5.12. The van der Waals surface area contributed by atoms with Gasteiger partial charge in [-0.3, -0.25) is 0 Å². The fourth-order valence-electron chi connectivity index (χ4n) is 1.24. The van der Waals surface area contributed by atoms with Crippen LogP contribution in [-0.4, -0.2) is 20.2 Å². The van der Waals surface area contributed by atoms with Crippen molar-refractivity contribution in [2.45, 2.75) is 13.5 Å². The van der Waals surface area contributed by atoms with Gasteiger partial charge >= 0.3 is 5.97 Å². The molecule has 0 N–H and O–H groups in total. The Labute approximate surface area is 101 Å². The summed E-state index contributed by atoms with van der Waals surface area (Å²) < 4.78 is 15.3. The summed E-state index contributed by atoms with van der Waals surface area (Å²) in [6.07, 6.45) is 0. The minimum Gasteiger partial charge on any atom is -0.493 e. The minimum absolute atomic E-state index is 0.187. The monoisotopic (exact) mass is 236 g/mol. The first-order chi connectivity index (χ1) is 8.08. The number of ether oxygens (including phenoxy) is 3. The standard InChI is InChI=1S/C13H16O4/c1-9(2)13(14)17-8-10-5-6-11(15-3)12(7-10)16-4/h5-7H,1,8H2,2-4H3. The van der Waals surface area contributed by atoms with E-state index in [9.17, 15) is 4.79 Å². The average Bonchev–Trinajstić information content (AvgIpc) is 2.35. The topological polar surface area (TPSA) is 44.8 Å². The lowest BCUT2D eigenvalue weighted by molar-refractivity contribution is -0.140. The van der Waals surface area contributed by atoms with Gasteiger partial charge in [-0.2, -0.15) is 0 Å². The summed E-state index contributed by atoms with van der Waals surface area (Å²) in [5.41, 5.74) is 1.21. The van der Waals surface area contributed by atoms with Gasteiger partial charge in [-0.1, -0.05) is 12.6 Å². The fraction of sp³-hybridized carbons (Fsp3) is 0.308. The maximum Gasteiger partial charge on any atom is 0.333 e. The Bertz CT molecular complexity index is 423. The van der Waals surface area contributed by atoms with E-state index < -0.39 is 5.97 Å². The van der Waals surface area contributed by atoms with Crippen molar-refractivity contribution in [1.82, 2.24) is 0 Å². The summed E-state index contributed by atoms with van der Waals surface area (Å²) >= 11 is 0. The molecule has 0 bridgehead atoms. The van der Waals surface area contributed by atoms with Gasteiger partial charge in [0, 0.05) is 5.57 Å². The summed E-state index contributed by atoms with van der Waals surface area (Å²) in [5.74, 6) is 0.846. The predicted octanol–water partition coefficient (Wildman–Crippen LogP) is 2.32. The van der Waals surface area contributed by atoms with E-state index in [0.29, 0.717) is 17.1 Å². The third-order valence-electron chi connectivity index (χ3n) is 2.17. The second-order valence-electron chi connectivity index (χ2n) is 3.55. The highest BCUT2D eigenvalue weighted by atomic mass is 16.5. The van der Waals surface area contributed by atoms with Gasteiger partial charge in [-0.15, -0.1) is 0 Å². The first kappa shape index (κ1) is 13.1. The zero-order valence-electron chi connectivity index (χ0n) is 10.3. The molecule has 0 spiro atoms. The Balaban J connectivity index is 2.73. The van der Waals surface area contributed by atoms with Crippen LogP contribution in [0.15, 0.2) is 30.4 Å². The molecule has 0 saturated carbocycles. The molecular weight excluding hydrogens is 220 g/mol. The normalized spacial score (nSPS) is 9.59. The van der Waals surface area contributed by atoms with Crippen LogP contribution in [-0.2, 0) is 16.1 Å². The van der Waals surface area contributed by atoms with E-state index in [1.807, 2.05) is 6.07 Å². The molecule has 92 valence electrons. The van der Waals surface area contributed by atoms with E-state index in [0.717, 1.165) is 5.56 Å². The molecule has 1 rings (SSSR count). The van der Waals surface area contributed by atoms with Crippen molar-refractivity contribution in [3.63, 3.8) is 0 Å². The Kier molecular flexibility index (Phi) is 4.57. The minimum atomic E-state index is -0.403. The molecule has 0 amide bonds. The van der Waals surface area contributed by atoms with E-state index in [4.69, 9.17) is 14.2 Å². The smallest absolute Gasteiger partial charge is 0.333 e. The van der Waals surface area contributed by atoms with Crippen LogP contribution < -0.4 is 9.47 Å². The van der Waals surface area contributed by atoms with Crippen LogP contribution in [0.4, 0.5) is 0 Å². The Morgan fingerprint density at radius 1 is 1.24 bits per heavy atom. The molecule has 0 heterocycles. The van der Waals surface area contributed by atoms with E-state index in [1.54, 1.807) is 33.3 Å². The Morgan fingerprint density at radius 2 is 1.88 bits per heavy atom. The number of carbonyl (C=O) groups is 1. The van der Waals surface area contributed by atoms with Crippen LogP contribution >= 0.6 is 0 Å². The van der Waals surface area contributed by atoms with Crippen molar-refractivity contribution in [3.05, 3.63) is 35.9 Å². The Morgan fingerprint density at radius 3 is 2.41 bits per heavy atom. The summed E-state index contributed by atoms with van der Waals surface area (Å²) in [6, 6.07) is 5.35. The van der Waals surface area contributed by atoms with Crippen LogP contribution in [0, 0.1) is 0 Å². The molecule has 4 heteroatoms. The molecule has 0 aliphatic heterocycles. The van der Waals surface area contributed by atoms with Gasteiger partial charge in [-0.25, -0.2) is 4.79 Å². The van der Waals surface area contributed by atoms with E-state index in [1.165, 1.54) is 0 Å². The molecule has 1 aromatic carbocycles. The van der Waals surface area contributed by atoms with Gasteiger partial charge in [-0.05, 0) is 24.6 Å². The molecule has 1 aromatic rings. The van der Waals surface area contributed by atoms with Crippen molar-refractivity contribution < 1.29 is 19.0 Å². The van der Waals surface area contributed by atoms with Crippen LogP contribution in [0.2, 0.25) is 0 Å². The molecular formula is C13H16O4. The zero-order valence-corrected chi connectivity index (χ0v) is 10.3. The lowest BCUT2D eigenvalue weighted by Gasteiger charge is -2.10. The van der Waals surface area contributed by atoms with Gasteiger partial charge in [0.05, 0.1) is 14.2 Å². The summed E-state index contributed by atoms with van der Waals surface area (Å²) in [4.78, 5) is 11.2. The van der Waals surface area contributed by atoms with Crippen LogP contribution in [0.25, 0.3) is 0 Å². The summed E-state index contributed by atoms with van der Waals surface area (Å²) in [7, 11) is 3.13. The number of rotatable bonds is 5. The van der Waals surface area contributed by atoms with Crippen LogP contribution in [0.5, 0.6) is 11.5 Å². The number of benzene rings is 1. The molecule has 0 aliphatic rings. The predicted molar refractivity (Wildman–Crippen MR) is 64.2 cm³/mol. The second kappa shape index (κ2) is 5.94. The molecule has 17 heavy (non-hydrogen) atoms. The largest absolute Gasteiger partial charge is 0.493 e. The van der Waals surface area contributed by atoms with Gasteiger partial charge in [0.15, 0.2) is 11.5 Å². The fourth-order valence-corrected chi connectivity index (χ4v) is 1.24. The first-order valence-corrected chi connectivity index (χ1v) is 5.12. The van der Waals surface area contributed by atoms with E-state index in [-0.39, 0.29) is 6.61 Å². The molecule has 0 aromatic heterocycles. The van der Waals surface area contributed by atoms with Crippen LogP contribution in [0.1, 0.15) is 12.5 Å². The maximum atomic E-state index is 11.2. The molecule has 0 aliphatic carbocycles. The number of hydrogen-bond acceptors (Lipinski definition) is 4. The quantitative estimate of drug-likeness (QED) is 0.581. The highest BCUT2D eigenvalue weighted by Gasteiger charge is 2.07. The summed E-state index contributed by atoms with van der Waals surface area (Å²) in [6.45, 7) is 5.30. The van der Waals surface area contributed by atoms with E-state index in [2.05, 4.69) is 6.58 Å². The van der Waals surface area contributed by atoms with Gasteiger partial charge in [0.2, 0.25) is 0 Å². The average molecular weight is 236 g/mol. The highest BCUT2D eigenvalue weighted by molar-refractivity contribution is 5.86. The van der Waals surface area contributed by atoms with Gasteiger partial charge in [0.1, 0.15) is 6.61 Å². The van der Waals surface area contributed by atoms with E-state index >= 15 is 0 Å². The molecule has 0 fully saturated rings. The lowest BCUT2D eigenvalue weighted by Crippen LogP contribution is -2.05. The molecule has 0 saturated heterocycles. The SMILES string of the molecule is C=C(C)C(=O)OCc1ccc(OC)c(OC)c1. The maximum absolute atomic E-state index is 11.2. The third kappa shape index (κ3) is 3.52. The van der Waals surface area contributed by atoms with Gasteiger partial charge in [0.25, 0.3) is 0 Å². The molecule has 4 nitrogen and oxygen atoms in total. The van der Waals surface area contributed by atoms with Crippen molar-refractivity contribution in [2.24, 2.45) is 0 Å². The zero-order chi connectivity index (χ0) is 12.8. The lowest BCUT2D eigenvalue weighted by atomic mass is 10.2. The number of carbonyl (C=O) groups excluding carboxylic acids is 1. The van der Waals surface area contributed by atoms with Gasteiger partial charge < -0.3 is 14.2 Å². The molecule has 0 unspecified atom stereocenters. The molecule has 0 radical (unpaired) electrons. The summed E-state index contributed by atoms with van der Waals surface area (Å²) in [5, 5.41) is 0. The highest BCUT2D eigenvalue weighted by Crippen LogP contribution is 2.27.